The molecule has 0 unspecified atom stereocenters. The van der Waals surface area contributed by atoms with Gasteiger partial charge in [-0.15, -0.1) is 0 Å². The van der Waals surface area contributed by atoms with Gasteiger partial charge in [-0.2, -0.15) is 0 Å². The Labute approximate surface area is 117 Å². The third kappa shape index (κ3) is 4.75. The summed E-state index contributed by atoms with van der Waals surface area (Å²) in [6, 6.07) is 5.00. The van der Waals surface area contributed by atoms with Crippen LogP contribution >= 0.6 is 23.2 Å². The predicted molar refractivity (Wildman–Crippen MR) is 74.4 cm³/mol. The zero-order chi connectivity index (χ0) is 13.7. The lowest BCUT2D eigenvalue weighted by Crippen LogP contribution is -2.38. The summed E-state index contributed by atoms with van der Waals surface area (Å²) in [5.74, 6) is 0.670. The highest BCUT2D eigenvalue weighted by Crippen LogP contribution is 2.27. The zero-order valence-corrected chi connectivity index (χ0v) is 12.2. The monoisotopic (exact) mass is 289 g/mol. The summed E-state index contributed by atoms with van der Waals surface area (Å²) >= 11 is 11.7. The third-order valence-electron chi connectivity index (χ3n) is 2.64. The molecule has 0 aromatic heterocycles. The molecule has 0 aliphatic rings. The maximum atomic E-state index is 11.6. The lowest BCUT2D eigenvalue weighted by Gasteiger charge is -2.17. The molecular weight excluding hydrogens is 273 g/mol. The molecular formula is C13H17Cl2NO2. The molecule has 1 atom stereocenters. The molecule has 0 radical (unpaired) electrons. The van der Waals surface area contributed by atoms with Crippen LogP contribution in [-0.2, 0) is 4.79 Å². The summed E-state index contributed by atoms with van der Waals surface area (Å²) in [4.78, 5) is 11.6. The fraction of sp³-hybridized carbons (Fsp3) is 0.462. The maximum Gasteiger partial charge on any atom is 0.258 e. The number of nitrogens with one attached hydrogen (secondary N) is 1. The van der Waals surface area contributed by atoms with Crippen molar-refractivity contribution in [3.8, 4) is 5.75 Å². The highest BCUT2D eigenvalue weighted by Gasteiger charge is 2.11. The maximum absolute atomic E-state index is 11.6. The lowest BCUT2D eigenvalue weighted by atomic mass is 10.1. The predicted octanol–water partition coefficient (Wildman–Crippen LogP) is 3.53. The number of hydrogen-bond acceptors (Lipinski definition) is 2. The average Bonchev–Trinajstić information content (AvgIpc) is 2.27. The van der Waals surface area contributed by atoms with Crippen molar-refractivity contribution in [1.82, 2.24) is 5.32 Å². The van der Waals surface area contributed by atoms with Crippen LogP contribution in [0.25, 0.3) is 0 Å². The molecule has 5 heteroatoms. The van der Waals surface area contributed by atoms with Gasteiger partial charge in [0.05, 0.1) is 5.02 Å². The van der Waals surface area contributed by atoms with E-state index in [-0.39, 0.29) is 18.6 Å². The van der Waals surface area contributed by atoms with Crippen molar-refractivity contribution in [3.63, 3.8) is 0 Å². The molecule has 1 N–H and O–H groups in total. The number of hydrogen-bond donors (Lipinski definition) is 1. The summed E-state index contributed by atoms with van der Waals surface area (Å²) in [5.41, 5.74) is 0. The highest BCUT2D eigenvalue weighted by molar-refractivity contribution is 6.35. The largest absolute Gasteiger partial charge is 0.482 e. The van der Waals surface area contributed by atoms with Crippen LogP contribution in [0.5, 0.6) is 5.75 Å². The fourth-order valence-electron chi connectivity index (χ4n) is 1.20. The van der Waals surface area contributed by atoms with Gasteiger partial charge in [0, 0.05) is 11.1 Å². The molecule has 0 spiro atoms. The van der Waals surface area contributed by atoms with E-state index in [0.29, 0.717) is 21.7 Å². The van der Waals surface area contributed by atoms with E-state index < -0.39 is 0 Å². The Morgan fingerprint density at radius 3 is 2.56 bits per heavy atom. The Kier molecular flexibility index (Phi) is 5.76. The van der Waals surface area contributed by atoms with Crippen LogP contribution in [-0.4, -0.2) is 18.6 Å². The normalized spacial score (nSPS) is 12.3. The summed E-state index contributed by atoms with van der Waals surface area (Å²) in [7, 11) is 0. The summed E-state index contributed by atoms with van der Waals surface area (Å²) in [5, 5.41) is 3.78. The van der Waals surface area contributed by atoms with Crippen LogP contribution in [0.3, 0.4) is 0 Å². The van der Waals surface area contributed by atoms with Gasteiger partial charge in [0.1, 0.15) is 5.75 Å². The summed E-state index contributed by atoms with van der Waals surface area (Å²) in [6.45, 7) is 5.99. The van der Waals surface area contributed by atoms with Crippen LogP contribution in [0.4, 0.5) is 0 Å². The summed E-state index contributed by atoms with van der Waals surface area (Å²) < 4.78 is 5.33. The topological polar surface area (TPSA) is 38.3 Å². The number of amides is 1. The molecule has 1 aromatic carbocycles. The van der Waals surface area contributed by atoms with Gasteiger partial charge in [-0.3, -0.25) is 4.79 Å². The minimum atomic E-state index is -0.165. The van der Waals surface area contributed by atoms with E-state index in [1.54, 1.807) is 18.2 Å². The Morgan fingerprint density at radius 2 is 2.00 bits per heavy atom. The Morgan fingerprint density at radius 1 is 1.33 bits per heavy atom. The van der Waals surface area contributed by atoms with Crippen LogP contribution in [0.2, 0.25) is 10.0 Å². The van der Waals surface area contributed by atoms with E-state index in [1.165, 1.54) is 0 Å². The summed E-state index contributed by atoms with van der Waals surface area (Å²) in [6.07, 6.45) is 0. The zero-order valence-electron chi connectivity index (χ0n) is 10.7. The second-order valence-electron chi connectivity index (χ2n) is 4.46. The van der Waals surface area contributed by atoms with Gasteiger partial charge in [0.15, 0.2) is 6.61 Å². The molecule has 0 bridgehead atoms. The van der Waals surface area contributed by atoms with E-state index in [0.717, 1.165) is 0 Å². The number of halogens is 2. The van der Waals surface area contributed by atoms with E-state index in [4.69, 9.17) is 27.9 Å². The molecule has 3 nitrogen and oxygen atoms in total. The SMILES string of the molecule is CC(C)[C@@H](C)NC(=O)COc1ccc(Cl)cc1Cl. The standard InChI is InChI=1S/C13H17Cl2NO2/c1-8(2)9(3)16-13(17)7-18-12-5-4-10(14)6-11(12)15/h4-6,8-9H,7H2,1-3H3,(H,16,17)/t9-/m1/s1. The molecule has 0 saturated heterocycles. The van der Waals surface area contributed by atoms with Crippen molar-refractivity contribution in [3.05, 3.63) is 28.2 Å². The Bertz CT molecular complexity index is 421. The van der Waals surface area contributed by atoms with Crippen molar-refractivity contribution in [2.75, 3.05) is 6.61 Å². The minimum Gasteiger partial charge on any atom is -0.482 e. The number of carbonyl (C=O) groups is 1. The number of ether oxygens (including phenoxy) is 1. The van der Waals surface area contributed by atoms with Gasteiger partial charge in [-0.1, -0.05) is 37.0 Å². The van der Waals surface area contributed by atoms with Crippen molar-refractivity contribution in [2.45, 2.75) is 26.8 Å². The first-order chi connectivity index (χ1) is 8.40. The molecule has 0 fully saturated rings. The Hall–Kier alpha value is -0.930. The number of rotatable bonds is 5. The van der Waals surface area contributed by atoms with E-state index in [9.17, 15) is 4.79 Å². The minimum absolute atomic E-state index is 0.0571. The second-order valence-corrected chi connectivity index (χ2v) is 5.31. The van der Waals surface area contributed by atoms with Crippen LogP contribution in [0, 0.1) is 5.92 Å². The van der Waals surface area contributed by atoms with Gasteiger partial charge in [-0.05, 0) is 31.0 Å². The molecule has 100 valence electrons. The lowest BCUT2D eigenvalue weighted by molar-refractivity contribution is -0.123. The van der Waals surface area contributed by atoms with E-state index >= 15 is 0 Å². The highest BCUT2D eigenvalue weighted by atomic mass is 35.5. The second kappa shape index (κ2) is 6.86. The van der Waals surface area contributed by atoms with Crippen LogP contribution < -0.4 is 10.1 Å². The molecule has 0 aliphatic heterocycles. The van der Waals surface area contributed by atoms with Crippen LogP contribution in [0.15, 0.2) is 18.2 Å². The van der Waals surface area contributed by atoms with Gasteiger partial charge in [0.25, 0.3) is 5.91 Å². The number of benzene rings is 1. The fourth-order valence-corrected chi connectivity index (χ4v) is 1.66. The quantitative estimate of drug-likeness (QED) is 0.900. The van der Waals surface area contributed by atoms with Gasteiger partial charge in [-0.25, -0.2) is 0 Å². The molecule has 0 heterocycles. The molecule has 0 aliphatic carbocycles. The van der Waals surface area contributed by atoms with Crippen molar-refractivity contribution >= 4 is 29.1 Å². The molecule has 1 rings (SSSR count). The molecule has 18 heavy (non-hydrogen) atoms. The molecule has 0 saturated carbocycles. The van der Waals surface area contributed by atoms with Crippen molar-refractivity contribution < 1.29 is 9.53 Å². The van der Waals surface area contributed by atoms with Gasteiger partial charge in [0.2, 0.25) is 0 Å². The van der Waals surface area contributed by atoms with Gasteiger partial charge >= 0.3 is 0 Å². The van der Waals surface area contributed by atoms with E-state index in [1.807, 2.05) is 20.8 Å². The molecule has 1 aromatic rings. The smallest absolute Gasteiger partial charge is 0.258 e. The molecule has 1 amide bonds. The van der Waals surface area contributed by atoms with Crippen molar-refractivity contribution in [1.29, 1.82) is 0 Å². The van der Waals surface area contributed by atoms with E-state index in [2.05, 4.69) is 5.32 Å². The van der Waals surface area contributed by atoms with Crippen molar-refractivity contribution in [2.24, 2.45) is 5.92 Å². The Balaban J connectivity index is 2.47. The first kappa shape index (κ1) is 15.1. The first-order valence-corrected chi connectivity index (χ1v) is 6.53. The average molecular weight is 290 g/mol. The van der Waals surface area contributed by atoms with Gasteiger partial charge < -0.3 is 10.1 Å². The van der Waals surface area contributed by atoms with Crippen LogP contribution in [0.1, 0.15) is 20.8 Å². The number of carbonyl (C=O) groups excluding carboxylic acids is 1. The third-order valence-corrected chi connectivity index (χ3v) is 3.17. The first-order valence-electron chi connectivity index (χ1n) is 5.77.